The minimum atomic E-state index is -0.441. The highest BCUT2D eigenvalue weighted by Crippen LogP contribution is 2.31. The summed E-state index contributed by atoms with van der Waals surface area (Å²) in [4.78, 5) is 15.9. The van der Waals surface area contributed by atoms with E-state index in [9.17, 15) is 9.18 Å². The molecule has 0 bridgehead atoms. The molecule has 1 amide bonds. The van der Waals surface area contributed by atoms with E-state index >= 15 is 0 Å². The Balaban J connectivity index is 1.73. The van der Waals surface area contributed by atoms with Crippen molar-refractivity contribution in [3.05, 3.63) is 48.3 Å². The molecule has 1 aliphatic rings. The third-order valence-corrected chi connectivity index (χ3v) is 3.34. The first-order valence-corrected chi connectivity index (χ1v) is 6.45. The maximum atomic E-state index is 13.1. The van der Waals surface area contributed by atoms with Crippen molar-refractivity contribution in [2.24, 2.45) is 0 Å². The smallest absolute Gasteiger partial charge is 0.246 e. The van der Waals surface area contributed by atoms with Crippen molar-refractivity contribution in [3.63, 3.8) is 0 Å². The maximum absolute atomic E-state index is 13.1. The van der Waals surface area contributed by atoms with Crippen molar-refractivity contribution in [3.8, 4) is 0 Å². The summed E-state index contributed by atoms with van der Waals surface area (Å²) in [7, 11) is 0. The van der Waals surface area contributed by atoms with Gasteiger partial charge in [-0.3, -0.25) is 10.1 Å². The van der Waals surface area contributed by atoms with Crippen LogP contribution >= 0.6 is 0 Å². The van der Waals surface area contributed by atoms with Crippen LogP contribution in [0.2, 0.25) is 0 Å². The Bertz CT molecular complexity index is 626. The van der Waals surface area contributed by atoms with Gasteiger partial charge in [0.15, 0.2) is 0 Å². The number of hydrogen-bond acceptors (Lipinski definition) is 3. The Kier molecular flexibility index (Phi) is 3.23. The van der Waals surface area contributed by atoms with Crippen molar-refractivity contribution < 1.29 is 9.18 Å². The summed E-state index contributed by atoms with van der Waals surface area (Å²) in [5, 5.41) is 5.95. The van der Waals surface area contributed by atoms with Crippen LogP contribution < -0.4 is 10.6 Å². The number of imidazole rings is 1. The first kappa shape index (κ1) is 12.8. The second-order valence-corrected chi connectivity index (χ2v) is 4.98. The molecular weight excluding hydrogens is 259 g/mol. The number of carbonyl (C=O) groups is 1. The Morgan fingerprint density at radius 3 is 3.15 bits per heavy atom. The zero-order chi connectivity index (χ0) is 14.1. The van der Waals surface area contributed by atoms with Gasteiger partial charge in [0.25, 0.3) is 0 Å². The normalized spacial score (nSPS) is 18.7. The highest BCUT2D eigenvalue weighted by molar-refractivity contribution is 6.02. The van der Waals surface area contributed by atoms with Crippen LogP contribution in [0.15, 0.2) is 36.9 Å². The average molecular weight is 274 g/mol. The van der Waals surface area contributed by atoms with E-state index in [-0.39, 0.29) is 17.8 Å². The molecule has 2 unspecified atom stereocenters. The molecule has 0 radical (unpaired) electrons. The van der Waals surface area contributed by atoms with Crippen molar-refractivity contribution in [2.75, 3.05) is 5.32 Å². The quantitative estimate of drug-likeness (QED) is 0.892. The molecule has 104 valence electrons. The monoisotopic (exact) mass is 274 g/mol. The number of carbonyl (C=O) groups excluding carboxylic acids is 1. The predicted octanol–water partition coefficient (Wildman–Crippen LogP) is 1.69. The van der Waals surface area contributed by atoms with E-state index < -0.39 is 6.04 Å². The van der Waals surface area contributed by atoms with Gasteiger partial charge in [0.2, 0.25) is 5.91 Å². The van der Waals surface area contributed by atoms with Crippen molar-refractivity contribution >= 4 is 11.6 Å². The van der Waals surface area contributed by atoms with E-state index in [0.29, 0.717) is 12.2 Å². The number of nitrogens with one attached hydrogen (secondary N) is 2. The van der Waals surface area contributed by atoms with Gasteiger partial charge in [-0.15, -0.1) is 0 Å². The molecule has 2 atom stereocenters. The summed E-state index contributed by atoms with van der Waals surface area (Å²) in [5.41, 5.74) is 1.33. The molecule has 0 saturated heterocycles. The van der Waals surface area contributed by atoms with Crippen LogP contribution in [0.3, 0.4) is 0 Å². The summed E-state index contributed by atoms with van der Waals surface area (Å²) in [6.07, 6.45) is 5.32. The lowest BCUT2D eigenvalue weighted by Gasteiger charge is -2.18. The van der Waals surface area contributed by atoms with Gasteiger partial charge < -0.3 is 9.88 Å². The second kappa shape index (κ2) is 5.05. The molecule has 1 aliphatic heterocycles. The largest absolute Gasteiger partial charge is 0.336 e. The number of aromatic nitrogens is 2. The summed E-state index contributed by atoms with van der Waals surface area (Å²) in [5.74, 6) is -0.501. The second-order valence-electron chi connectivity index (χ2n) is 4.98. The van der Waals surface area contributed by atoms with E-state index in [4.69, 9.17) is 0 Å². The number of nitrogens with zero attached hydrogens (tertiary/aromatic N) is 2. The third-order valence-electron chi connectivity index (χ3n) is 3.34. The number of fused-ring (bicyclic) bond motifs is 1. The first-order chi connectivity index (χ1) is 9.63. The Morgan fingerprint density at radius 2 is 2.40 bits per heavy atom. The Hall–Kier alpha value is -2.21. The highest BCUT2D eigenvalue weighted by Gasteiger charge is 2.31. The standard InChI is InChI=1S/C14H15FN4O/c1-9(7-19-5-4-16-8-19)17-13-11-3-2-10(15)6-12(11)18-14(13)20/h2-6,8-9,13,17H,7H2,1H3,(H,18,20). The molecule has 0 saturated carbocycles. The van der Waals surface area contributed by atoms with Gasteiger partial charge >= 0.3 is 0 Å². The van der Waals surface area contributed by atoms with Gasteiger partial charge in [0.1, 0.15) is 11.9 Å². The molecule has 6 heteroatoms. The molecular formula is C14H15FN4O. The van der Waals surface area contributed by atoms with Crippen LogP contribution in [0.4, 0.5) is 10.1 Å². The number of halogens is 1. The lowest BCUT2D eigenvalue weighted by atomic mass is 10.1. The number of amides is 1. The average Bonchev–Trinajstić information content (AvgIpc) is 2.98. The van der Waals surface area contributed by atoms with Crippen molar-refractivity contribution in [2.45, 2.75) is 25.6 Å². The minimum absolute atomic E-state index is 0.0796. The third kappa shape index (κ3) is 2.42. The molecule has 1 aromatic carbocycles. The van der Waals surface area contributed by atoms with Gasteiger partial charge in [0.05, 0.1) is 6.33 Å². The number of rotatable bonds is 4. The summed E-state index contributed by atoms with van der Waals surface area (Å²) < 4.78 is 15.1. The molecule has 0 aliphatic carbocycles. The predicted molar refractivity (Wildman–Crippen MR) is 72.6 cm³/mol. The topological polar surface area (TPSA) is 59.0 Å². The molecule has 0 fully saturated rings. The Morgan fingerprint density at radius 1 is 1.55 bits per heavy atom. The SMILES string of the molecule is CC(Cn1ccnc1)NC1C(=O)Nc2cc(F)ccc21. The number of hydrogen-bond donors (Lipinski definition) is 2. The van der Waals surface area contributed by atoms with Gasteiger partial charge in [-0.2, -0.15) is 0 Å². The summed E-state index contributed by atoms with van der Waals surface area (Å²) >= 11 is 0. The molecule has 1 aromatic heterocycles. The lowest BCUT2D eigenvalue weighted by Crippen LogP contribution is -2.36. The van der Waals surface area contributed by atoms with E-state index in [1.807, 2.05) is 17.7 Å². The zero-order valence-corrected chi connectivity index (χ0v) is 11.0. The molecule has 2 N–H and O–H groups in total. The van der Waals surface area contributed by atoms with Crippen LogP contribution in [-0.4, -0.2) is 21.5 Å². The Labute approximate surface area is 115 Å². The fourth-order valence-corrected chi connectivity index (χ4v) is 2.45. The van der Waals surface area contributed by atoms with Crippen LogP contribution in [0.5, 0.6) is 0 Å². The van der Waals surface area contributed by atoms with E-state index in [0.717, 1.165) is 5.56 Å². The molecule has 0 spiro atoms. The van der Waals surface area contributed by atoms with E-state index in [1.54, 1.807) is 18.6 Å². The molecule has 2 aromatic rings. The van der Waals surface area contributed by atoms with Gasteiger partial charge in [-0.1, -0.05) is 6.07 Å². The molecule has 2 heterocycles. The number of anilines is 1. The van der Waals surface area contributed by atoms with Crippen molar-refractivity contribution in [1.29, 1.82) is 0 Å². The summed E-state index contributed by atoms with van der Waals surface area (Å²) in [6.45, 7) is 2.70. The lowest BCUT2D eigenvalue weighted by molar-refractivity contribution is -0.117. The minimum Gasteiger partial charge on any atom is -0.336 e. The van der Waals surface area contributed by atoms with Gasteiger partial charge in [-0.05, 0) is 19.1 Å². The molecule has 20 heavy (non-hydrogen) atoms. The zero-order valence-electron chi connectivity index (χ0n) is 11.0. The van der Waals surface area contributed by atoms with Crippen molar-refractivity contribution in [1.82, 2.24) is 14.9 Å². The molecule has 3 rings (SSSR count). The maximum Gasteiger partial charge on any atom is 0.246 e. The van der Waals surface area contributed by atoms with Crippen LogP contribution in [0, 0.1) is 5.82 Å². The van der Waals surface area contributed by atoms with Crippen LogP contribution in [0.25, 0.3) is 0 Å². The van der Waals surface area contributed by atoms with Gasteiger partial charge in [-0.25, -0.2) is 9.37 Å². The van der Waals surface area contributed by atoms with Crippen LogP contribution in [-0.2, 0) is 11.3 Å². The highest BCUT2D eigenvalue weighted by atomic mass is 19.1. The fourth-order valence-electron chi connectivity index (χ4n) is 2.45. The molecule has 5 nitrogen and oxygen atoms in total. The van der Waals surface area contributed by atoms with E-state index in [1.165, 1.54) is 12.1 Å². The van der Waals surface area contributed by atoms with E-state index in [2.05, 4.69) is 15.6 Å². The fraction of sp³-hybridized carbons (Fsp3) is 0.286. The number of benzene rings is 1. The summed E-state index contributed by atoms with van der Waals surface area (Å²) in [6, 6.07) is 3.99. The van der Waals surface area contributed by atoms with Gasteiger partial charge in [0, 0.05) is 36.2 Å². The van der Waals surface area contributed by atoms with Crippen LogP contribution in [0.1, 0.15) is 18.5 Å². The first-order valence-electron chi connectivity index (χ1n) is 6.45.